The van der Waals surface area contributed by atoms with Crippen LogP contribution in [0.4, 0.5) is 5.69 Å². The third-order valence-electron chi connectivity index (χ3n) is 3.17. The Bertz CT molecular complexity index is 760. The van der Waals surface area contributed by atoms with Crippen LogP contribution in [0, 0.1) is 13.8 Å². The molecule has 0 unspecified atom stereocenters. The van der Waals surface area contributed by atoms with E-state index >= 15 is 0 Å². The first-order valence-electron chi connectivity index (χ1n) is 6.37. The lowest BCUT2D eigenvalue weighted by Gasteiger charge is -2.08. The number of hydrogen-bond donors (Lipinski definition) is 1. The van der Waals surface area contributed by atoms with Crippen molar-refractivity contribution in [3.05, 3.63) is 53.6 Å². The van der Waals surface area contributed by atoms with Crippen LogP contribution in [0.2, 0.25) is 0 Å². The number of nitrogens with two attached hydrogens (primary N) is 1. The van der Waals surface area contributed by atoms with E-state index in [1.165, 1.54) is 0 Å². The Morgan fingerprint density at radius 2 is 1.80 bits per heavy atom. The highest BCUT2D eigenvalue weighted by Gasteiger charge is 2.13. The molecule has 0 fully saturated rings. The fourth-order valence-electron chi connectivity index (χ4n) is 2.15. The summed E-state index contributed by atoms with van der Waals surface area (Å²) in [7, 11) is 0. The van der Waals surface area contributed by atoms with Crippen LogP contribution in [0.15, 0.2) is 42.5 Å². The van der Waals surface area contributed by atoms with Crippen molar-refractivity contribution in [2.45, 2.75) is 13.8 Å². The van der Waals surface area contributed by atoms with E-state index in [2.05, 4.69) is 15.5 Å². The summed E-state index contributed by atoms with van der Waals surface area (Å²) in [4.78, 5) is 0. The third kappa shape index (κ3) is 2.14. The molecule has 5 heteroatoms. The molecular formula is C15H15N5. The first-order chi connectivity index (χ1) is 9.65. The van der Waals surface area contributed by atoms with E-state index in [4.69, 9.17) is 5.73 Å². The Balaban J connectivity index is 2.18. The zero-order valence-corrected chi connectivity index (χ0v) is 11.4. The van der Waals surface area contributed by atoms with Gasteiger partial charge in [0.25, 0.3) is 0 Å². The first kappa shape index (κ1) is 12.3. The largest absolute Gasteiger partial charge is 0.398 e. The molecule has 3 aromatic rings. The van der Waals surface area contributed by atoms with Gasteiger partial charge >= 0.3 is 0 Å². The summed E-state index contributed by atoms with van der Waals surface area (Å²) in [5, 5.41) is 12.0. The van der Waals surface area contributed by atoms with Gasteiger partial charge in [-0.05, 0) is 54.1 Å². The molecule has 0 bridgehead atoms. The maximum atomic E-state index is 6.05. The molecule has 2 N–H and O–H groups in total. The number of benzene rings is 2. The van der Waals surface area contributed by atoms with Crippen LogP contribution in [0.1, 0.15) is 11.1 Å². The molecule has 0 aliphatic rings. The Morgan fingerprint density at radius 3 is 2.60 bits per heavy atom. The van der Waals surface area contributed by atoms with Gasteiger partial charge < -0.3 is 5.73 Å². The lowest BCUT2D eigenvalue weighted by atomic mass is 10.1. The van der Waals surface area contributed by atoms with Crippen LogP contribution in [-0.2, 0) is 0 Å². The third-order valence-corrected chi connectivity index (χ3v) is 3.17. The van der Waals surface area contributed by atoms with E-state index < -0.39 is 0 Å². The van der Waals surface area contributed by atoms with Crippen molar-refractivity contribution >= 4 is 5.69 Å². The van der Waals surface area contributed by atoms with Crippen molar-refractivity contribution in [1.29, 1.82) is 0 Å². The van der Waals surface area contributed by atoms with E-state index in [9.17, 15) is 0 Å². The number of tetrazole rings is 1. The summed E-state index contributed by atoms with van der Waals surface area (Å²) in [6.07, 6.45) is 0. The SMILES string of the molecule is Cc1cccc(-n2nnnc2-c2cc(C)ccc2N)c1. The highest BCUT2D eigenvalue weighted by Crippen LogP contribution is 2.26. The zero-order valence-electron chi connectivity index (χ0n) is 11.4. The number of rotatable bonds is 2. The fourth-order valence-corrected chi connectivity index (χ4v) is 2.15. The topological polar surface area (TPSA) is 69.6 Å². The van der Waals surface area contributed by atoms with Crippen LogP contribution in [0.25, 0.3) is 17.1 Å². The van der Waals surface area contributed by atoms with E-state index in [1.807, 2.05) is 56.3 Å². The molecule has 0 atom stereocenters. The average Bonchev–Trinajstić information content (AvgIpc) is 2.90. The normalized spacial score (nSPS) is 10.7. The number of anilines is 1. The second-order valence-corrected chi connectivity index (χ2v) is 4.84. The van der Waals surface area contributed by atoms with Crippen molar-refractivity contribution in [1.82, 2.24) is 20.2 Å². The molecule has 0 radical (unpaired) electrons. The second kappa shape index (κ2) is 4.77. The van der Waals surface area contributed by atoms with Crippen LogP contribution < -0.4 is 5.73 Å². The molecule has 5 nitrogen and oxygen atoms in total. The standard InChI is InChI=1S/C15H15N5/c1-10-4-3-5-12(8-10)20-15(17-18-19-20)13-9-11(2)6-7-14(13)16/h3-9H,16H2,1-2H3. The predicted molar refractivity (Wildman–Crippen MR) is 78.5 cm³/mol. The van der Waals surface area contributed by atoms with E-state index in [0.717, 1.165) is 22.4 Å². The monoisotopic (exact) mass is 265 g/mol. The van der Waals surface area contributed by atoms with Gasteiger partial charge in [-0.2, -0.15) is 4.68 Å². The first-order valence-corrected chi connectivity index (χ1v) is 6.37. The quantitative estimate of drug-likeness (QED) is 0.723. The Morgan fingerprint density at radius 1 is 1.00 bits per heavy atom. The summed E-state index contributed by atoms with van der Waals surface area (Å²) >= 11 is 0. The maximum absolute atomic E-state index is 6.05. The Kier molecular flexibility index (Phi) is 2.95. The lowest BCUT2D eigenvalue weighted by Crippen LogP contribution is -2.02. The smallest absolute Gasteiger partial charge is 0.189 e. The molecule has 0 aliphatic heterocycles. The molecule has 0 saturated heterocycles. The van der Waals surface area contributed by atoms with Gasteiger partial charge in [-0.3, -0.25) is 0 Å². The minimum atomic E-state index is 0.650. The molecule has 20 heavy (non-hydrogen) atoms. The zero-order chi connectivity index (χ0) is 14.1. The van der Waals surface area contributed by atoms with E-state index in [1.54, 1.807) is 4.68 Å². The van der Waals surface area contributed by atoms with Crippen LogP contribution in [-0.4, -0.2) is 20.2 Å². The average molecular weight is 265 g/mol. The molecule has 1 heterocycles. The van der Waals surface area contributed by atoms with Crippen molar-refractivity contribution in [3.63, 3.8) is 0 Å². The minimum absolute atomic E-state index is 0.650. The lowest BCUT2D eigenvalue weighted by molar-refractivity contribution is 0.790. The van der Waals surface area contributed by atoms with Gasteiger partial charge in [0.2, 0.25) is 0 Å². The Hall–Kier alpha value is -2.69. The van der Waals surface area contributed by atoms with Gasteiger partial charge in [0.15, 0.2) is 5.82 Å². The molecular weight excluding hydrogens is 250 g/mol. The highest BCUT2D eigenvalue weighted by molar-refractivity contribution is 5.73. The van der Waals surface area contributed by atoms with Crippen molar-refractivity contribution < 1.29 is 0 Å². The molecule has 0 saturated carbocycles. The van der Waals surface area contributed by atoms with Gasteiger partial charge in [-0.1, -0.05) is 23.8 Å². The molecule has 1 aromatic heterocycles. The summed E-state index contributed by atoms with van der Waals surface area (Å²) in [6, 6.07) is 13.9. The minimum Gasteiger partial charge on any atom is -0.398 e. The summed E-state index contributed by atoms with van der Waals surface area (Å²) in [5.74, 6) is 0.650. The maximum Gasteiger partial charge on any atom is 0.189 e. The van der Waals surface area contributed by atoms with Gasteiger partial charge in [0.1, 0.15) is 0 Å². The van der Waals surface area contributed by atoms with Crippen molar-refractivity contribution in [2.24, 2.45) is 0 Å². The molecule has 2 aromatic carbocycles. The predicted octanol–water partition coefficient (Wildman–Crippen LogP) is 2.53. The number of aryl methyl sites for hydroxylation is 2. The van der Waals surface area contributed by atoms with Gasteiger partial charge in [0.05, 0.1) is 5.69 Å². The van der Waals surface area contributed by atoms with Gasteiger partial charge in [-0.25, -0.2) is 0 Å². The summed E-state index contributed by atoms with van der Waals surface area (Å²) in [6.45, 7) is 4.05. The van der Waals surface area contributed by atoms with Crippen molar-refractivity contribution in [2.75, 3.05) is 5.73 Å². The Labute approximate surface area is 117 Å². The molecule has 100 valence electrons. The molecule has 0 amide bonds. The van der Waals surface area contributed by atoms with Gasteiger partial charge in [0, 0.05) is 11.3 Å². The fraction of sp³-hybridized carbons (Fsp3) is 0.133. The van der Waals surface area contributed by atoms with Gasteiger partial charge in [-0.15, -0.1) is 5.10 Å². The summed E-state index contributed by atoms with van der Waals surface area (Å²) in [5.41, 5.74) is 10.8. The molecule has 0 aliphatic carbocycles. The van der Waals surface area contributed by atoms with E-state index in [-0.39, 0.29) is 0 Å². The molecule has 3 rings (SSSR count). The van der Waals surface area contributed by atoms with Crippen molar-refractivity contribution in [3.8, 4) is 17.1 Å². The van der Waals surface area contributed by atoms with E-state index in [0.29, 0.717) is 11.5 Å². The van der Waals surface area contributed by atoms with Crippen LogP contribution in [0.3, 0.4) is 0 Å². The van der Waals surface area contributed by atoms with Crippen LogP contribution in [0.5, 0.6) is 0 Å². The van der Waals surface area contributed by atoms with Crippen LogP contribution >= 0.6 is 0 Å². The highest BCUT2D eigenvalue weighted by atomic mass is 15.5. The summed E-state index contributed by atoms with van der Waals surface area (Å²) < 4.78 is 1.71. The number of nitrogens with zero attached hydrogens (tertiary/aromatic N) is 4. The second-order valence-electron chi connectivity index (χ2n) is 4.84. The number of nitrogen functional groups attached to an aromatic ring is 1. The molecule has 0 spiro atoms. The number of aromatic nitrogens is 4. The number of hydrogen-bond acceptors (Lipinski definition) is 4.